The molecule has 1 aliphatic heterocycles. The Labute approximate surface area is 112 Å². The quantitative estimate of drug-likeness (QED) is 0.623. The lowest BCUT2D eigenvalue weighted by Gasteiger charge is -2.33. The van der Waals surface area contributed by atoms with E-state index in [2.05, 4.69) is 9.88 Å². The number of carbonyl (C=O) groups is 1. The van der Waals surface area contributed by atoms with Crippen LogP contribution in [0.2, 0.25) is 5.15 Å². The van der Waals surface area contributed by atoms with Crippen molar-refractivity contribution in [3.8, 4) is 0 Å². The lowest BCUT2D eigenvalue weighted by Crippen LogP contribution is -2.44. The fraction of sp³-hybridized carbons (Fsp3) is 0.538. The summed E-state index contributed by atoms with van der Waals surface area (Å²) in [5.74, 6) is -0.142. The van der Waals surface area contributed by atoms with Gasteiger partial charge in [-0.3, -0.25) is 9.69 Å². The van der Waals surface area contributed by atoms with E-state index < -0.39 is 0 Å². The predicted molar refractivity (Wildman–Crippen MR) is 69.3 cm³/mol. The van der Waals surface area contributed by atoms with Gasteiger partial charge < -0.3 is 4.74 Å². The van der Waals surface area contributed by atoms with Gasteiger partial charge >= 0.3 is 5.97 Å². The molecule has 0 N–H and O–H groups in total. The molecule has 18 heavy (non-hydrogen) atoms. The number of halogens is 1. The van der Waals surface area contributed by atoms with Gasteiger partial charge in [-0.25, -0.2) is 4.98 Å². The summed E-state index contributed by atoms with van der Waals surface area (Å²) in [5, 5.41) is 0.488. The molecule has 0 aliphatic carbocycles. The number of nitrogens with zero attached hydrogens (tertiary/aromatic N) is 2. The molecule has 0 spiro atoms. The summed E-state index contributed by atoms with van der Waals surface area (Å²) in [6, 6.07) is 3.59. The Morgan fingerprint density at radius 2 is 2.39 bits per heavy atom. The summed E-state index contributed by atoms with van der Waals surface area (Å²) in [6.45, 7) is 1.63. The SMILES string of the molecule is COC(=O)C1CCCCN1Cc1ccc(Cl)nc1. The monoisotopic (exact) mass is 268 g/mol. The van der Waals surface area contributed by atoms with E-state index in [1.807, 2.05) is 6.07 Å². The third-order valence-electron chi connectivity index (χ3n) is 3.26. The number of esters is 1. The first-order valence-electron chi connectivity index (χ1n) is 6.13. The molecule has 1 atom stereocenters. The van der Waals surface area contributed by atoms with Gasteiger partial charge in [0.2, 0.25) is 0 Å². The van der Waals surface area contributed by atoms with Crippen LogP contribution < -0.4 is 0 Å². The van der Waals surface area contributed by atoms with Gasteiger partial charge in [0.15, 0.2) is 0 Å². The van der Waals surface area contributed by atoms with E-state index in [0.29, 0.717) is 11.7 Å². The van der Waals surface area contributed by atoms with Crippen LogP contribution in [0.25, 0.3) is 0 Å². The number of likely N-dealkylation sites (tertiary alicyclic amines) is 1. The molecule has 0 amide bonds. The minimum atomic E-state index is -0.142. The molecule has 2 heterocycles. The normalized spacial score (nSPS) is 20.7. The van der Waals surface area contributed by atoms with E-state index in [-0.39, 0.29) is 12.0 Å². The van der Waals surface area contributed by atoms with Gasteiger partial charge in [0.25, 0.3) is 0 Å². The van der Waals surface area contributed by atoms with Gasteiger partial charge in [0, 0.05) is 12.7 Å². The average Bonchev–Trinajstić information content (AvgIpc) is 2.41. The van der Waals surface area contributed by atoms with Crippen LogP contribution in [0.15, 0.2) is 18.3 Å². The molecule has 2 rings (SSSR count). The van der Waals surface area contributed by atoms with Crippen molar-refractivity contribution in [3.63, 3.8) is 0 Å². The van der Waals surface area contributed by atoms with E-state index in [1.54, 1.807) is 12.3 Å². The molecule has 1 unspecified atom stereocenters. The highest BCUT2D eigenvalue weighted by molar-refractivity contribution is 6.29. The molecule has 1 aromatic rings. The minimum Gasteiger partial charge on any atom is -0.468 e. The van der Waals surface area contributed by atoms with Crippen LogP contribution in [0.5, 0.6) is 0 Å². The molecule has 1 fully saturated rings. The first kappa shape index (κ1) is 13.3. The van der Waals surface area contributed by atoms with Crippen molar-refractivity contribution in [1.29, 1.82) is 0 Å². The molecular weight excluding hydrogens is 252 g/mol. The molecule has 98 valence electrons. The number of methoxy groups -OCH3 is 1. The summed E-state index contributed by atoms with van der Waals surface area (Å²) in [5.41, 5.74) is 1.07. The molecule has 4 nitrogen and oxygen atoms in total. The molecule has 1 saturated heterocycles. The standard InChI is InChI=1S/C13H17ClN2O2/c1-18-13(17)11-4-2-3-7-16(11)9-10-5-6-12(14)15-8-10/h5-6,8,11H,2-4,7,9H2,1H3. The van der Waals surface area contributed by atoms with Crippen LogP contribution in [0.1, 0.15) is 24.8 Å². The van der Waals surface area contributed by atoms with Crippen molar-refractivity contribution in [2.75, 3.05) is 13.7 Å². The second-order valence-corrected chi connectivity index (χ2v) is 4.88. The fourth-order valence-corrected chi connectivity index (χ4v) is 2.43. The molecule has 0 bridgehead atoms. The van der Waals surface area contributed by atoms with Crippen molar-refractivity contribution < 1.29 is 9.53 Å². The molecule has 1 aromatic heterocycles. The Hall–Kier alpha value is -1.13. The topological polar surface area (TPSA) is 42.4 Å². The number of pyridine rings is 1. The zero-order chi connectivity index (χ0) is 13.0. The molecule has 5 heteroatoms. The van der Waals surface area contributed by atoms with Crippen LogP contribution in [0.3, 0.4) is 0 Å². The van der Waals surface area contributed by atoms with Crippen LogP contribution >= 0.6 is 11.6 Å². The zero-order valence-electron chi connectivity index (χ0n) is 10.4. The molecular formula is C13H17ClN2O2. The van der Waals surface area contributed by atoms with Gasteiger partial charge in [-0.2, -0.15) is 0 Å². The first-order chi connectivity index (χ1) is 8.70. The Morgan fingerprint density at radius 1 is 1.56 bits per heavy atom. The maximum atomic E-state index is 11.7. The molecule has 1 aliphatic rings. The van der Waals surface area contributed by atoms with Crippen LogP contribution in [-0.2, 0) is 16.1 Å². The van der Waals surface area contributed by atoms with E-state index in [9.17, 15) is 4.79 Å². The van der Waals surface area contributed by atoms with E-state index in [4.69, 9.17) is 16.3 Å². The van der Waals surface area contributed by atoms with Crippen molar-refractivity contribution >= 4 is 17.6 Å². The highest BCUT2D eigenvalue weighted by Crippen LogP contribution is 2.20. The highest BCUT2D eigenvalue weighted by Gasteiger charge is 2.29. The summed E-state index contributed by atoms with van der Waals surface area (Å²) in [6.07, 6.45) is 4.82. The third-order valence-corrected chi connectivity index (χ3v) is 3.48. The van der Waals surface area contributed by atoms with Crippen LogP contribution in [0, 0.1) is 0 Å². The van der Waals surface area contributed by atoms with E-state index >= 15 is 0 Å². The Kier molecular flexibility index (Phi) is 4.55. The predicted octanol–water partition coefficient (Wildman–Crippen LogP) is 2.26. The number of aromatic nitrogens is 1. The number of carbonyl (C=O) groups excluding carboxylic acids is 1. The summed E-state index contributed by atoms with van der Waals surface area (Å²) >= 11 is 5.76. The fourth-order valence-electron chi connectivity index (χ4n) is 2.32. The summed E-state index contributed by atoms with van der Waals surface area (Å²) in [4.78, 5) is 17.9. The summed E-state index contributed by atoms with van der Waals surface area (Å²) in [7, 11) is 1.44. The Balaban J connectivity index is 2.05. The number of hydrogen-bond donors (Lipinski definition) is 0. The minimum absolute atomic E-state index is 0.126. The van der Waals surface area contributed by atoms with Crippen molar-refractivity contribution in [1.82, 2.24) is 9.88 Å². The largest absolute Gasteiger partial charge is 0.468 e. The molecule has 0 saturated carbocycles. The lowest BCUT2D eigenvalue weighted by molar-refractivity contribution is -0.148. The van der Waals surface area contributed by atoms with E-state index in [1.165, 1.54) is 7.11 Å². The van der Waals surface area contributed by atoms with Gasteiger partial charge in [-0.1, -0.05) is 24.1 Å². The second-order valence-electron chi connectivity index (χ2n) is 4.49. The number of ether oxygens (including phenoxy) is 1. The van der Waals surface area contributed by atoms with Gasteiger partial charge in [-0.05, 0) is 31.0 Å². The molecule has 0 aromatic carbocycles. The average molecular weight is 269 g/mol. The van der Waals surface area contributed by atoms with Crippen molar-refractivity contribution in [2.24, 2.45) is 0 Å². The maximum absolute atomic E-state index is 11.7. The number of rotatable bonds is 3. The van der Waals surface area contributed by atoms with E-state index in [0.717, 1.165) is 31.4 Å². The lowest BCUT2D eigenvalue weighted by atomic mass is 10.0. The maximum Gasteiger partial charge on any atom is 0.323 e. The van der Waals surface area contributed by atoms with Crippen molar-refractivity contribution in [3.05, 3.63) is 29.0 Å². The highest BCUT2D eigenvalue weighted by atomic mass is 35.5. The third kappa shape index (κ3) is 3.21. The van der Waals surface area contributed by atoms with Gasteiger partial charge in [0.1, 0.15) is 11.2 Å². The Morgan fingerprint density at radius 3 is 3.06 bits per heavy atom. The Bertz CT molecular complexity index is 408. The van der Waals surface area contributed by atoms with Crippen molar-refractivity contribution in [2.45, 2.75) is 31.8 Å². The smallest absolute Gasteiger partial charge is 0.323 e. The van der Waals surface area contributed by atoms with Crippen LogP contribution in [-0.4, -0.2) is 35.5 Å². The summed E-state index contributed by atoms with van der Waals surface area (Å²) < 4.78 is 4.86. The first-order valence-corrected chi connectivity index (χ1v) is 6.51. The molecule has 0 radical (unpaired) electrons. The number of piperidine rings is 1. The van der Waals surface area contributed by atoms with Gasteiger partial charge in [-0.15, -0.1) is 0 Å². The van der Waals surface area contributed by atoms with Gasteiger partial charge in [0.05, 0.1) is 7.11 Å². The second kappa shape index (κ2) is 6.16. The zero-order valence-corrected chi connectivity index (χ0v) is 11.2. The van der Waals surface area contributed by atoms with Crippen LogP contribution in [0.4, 0.5) is 0 Å². The number of hydrogen-bond acceptors (Lipinski definition) is 4.